The molecule has 0 bridgehead atoms. The van der Waals surface area contributed by atoms with Crippen LogP contribution in [-0.4, -0.2) is 61.5 Å². The van der Waals surface area contributed by atoms with Gasteiger partial charge in [-0.1, -0.05) is 0 Å². The molecule has 0 amide bonds. The maximum Gasteiger partial charge on any atom is 0.341 e. The molecule has 0 spiro atoms. The third kappa shape index (κ3) is 4.15. The summed E-state index contributed by atoms with van der Waals surface area (Å²) in [6.07, 6.45) is -1.24. The minimum Gasteiger partial charge on any atom is -0.456 e. The smallest absolute Gasteiger partial charge is 0.341 e. The van der Waals surface area contributed by atoms with Gasteiger partial charge in [0, 0.05) is 18.8 Å². The van der Waals surface area contributed by atoms with E-state index in [1.54, 1.807) is 26.8 Å². The lowest BCUT2D eigenvalue weighted by atomic mass is 10.1. The molecule has 3 rings (SSSR count). The number of hydrogen-bond acceptors (Lipinski definition) is 7. The summed E-state index contributed by atoms with van der Waals surface area (Å²) in [7, 11) is 0. The van der Waals surface area contributed by atoms with Gasteiger partial charge in [-0.25, -0.2) is 9.18 Å². The van der Waals surface area contributed by atoms with E-state index in [0.29, 0.717) is 25.4 Å². The molecule has 2 fully saturated rings. The first-order valence-corrected chi connectivity index (χ1v) is 8.69. The summed E-state index contributed by atoms with van der Waals surface area (Å²) in [5, 5.41) is 12.6. The lowest BCUT2D eigenvalue weighted by molar-refractivity contribution is -0.0615. The zero-order valence-electron chi connectivity index (χ0n) is 15.2. The maximum atomic E-state index is 14.5. The fourth-order valence-electron chi connectivity index (χ4n) is 3.04. The van der Waals surface area contributed by atoms with E-state index in [0.717, 1.165) is 0 Å². The highest BCUT2D eigenvalue weighted by molar-refractivity contribution is 5.90. The SMILES string of the molecule is CC(C)(C)OC(=O)c1ccc(N2C[C@H](CO)OC2C2NCCO2)cc1F. The molecule has 8 heteroatoms. The average Bonchev–Trinajstić information content (AvgIpc) is 3.22. The van der Waals surface area contributed by atoms with Crippen molar-refractivity contribution in [1.29, 1.82) is 0 Å². The van der Waals surface area contributed by atoms with Gasteiger partial charge in [0.2, 0.25) is 0 Å². The number of nitrogens with zero attached hydrogens (tertiary/aromatic N) is 1. The Morgan fingerprint density at radius 3 is 2.81 bits per heavy atom. The number of carbonyl (C=O) groups is 1. The highest BCUT2D eigenvalue weighted by Crippen LogP contribution is 2.29. The van der Waals surface area contributed by atoms with Gasteiger partial charge in [-0.05, 0) is 39.0 Å². The third-order valence-electron chi connectivity index (χ3n) is 4.15. The monoisotopic (exact) mass is 368 g/mol. The van der Waals surface area contributed by atoms with Crippen LogP contribution in [0.4, 0.5) is 10.1 Å². The van der Waals surface area contributed by atoms with Crippen LogP contribution in [0.1, 0.15) is 31.1 Å². The summed E-state index contributed by atoms with van der Waals surface area (Å²) >= 11 is 0. The molecule has 0 saturated carbocycles. The van der Waals surface area contributed by atoms with Crippen molar-refractivity contribution in [2.75, 3.05) is 31.2 Å². The molecule has 26 heavy (non-hydrogen) atoms. The van der Waals surface area contributed by atoms with Crippen molar-refractivity contribution in [2.24, 2.45) is 0 Å². The number of benzene rings is 1. The van der Waals surface area contributed by atoms with Crippen LogP contribution in [0.2, 0.25) is 0 Å². The van der Waals surface area contributed by atoms with Crippen molar-refractivity contribution in [1.82, 2.24) is 5.32 Å². The molecule has 1 aromatic carbocycles. The summed E-state index contributed by atoms with van der Waals surface area (Å²) in [5.41, 5.74) is -0.266. The van der Waals surface area contributed by atoms with E-state index >= 15 is 0 Å². The number of esters is 1. The van der Waals surface area contributed by atoms with Crippen LogP contribution in [0.25, 0.3) is 0 Å². The van der Waals surface area contributed by atoms with E-state index in [4.69, 9.17) is 14.2 Å². The van der Waals surface area contributed by atoms with Gasteiger partial charge in [-0.15, -0.1) is 0 Å². The first-order chi connectivity index (χ1) is 12.3. The summed E-state index contributed by atoms with van der Waals surface area (Å²) in [4.78, 5) is 13.9. The first-order valence-electron chi connectivity index (χ1n) is 8.69. The number of aliphatic hydroxyl groups is 1. The van der Waals surface area contributed by atoms with Crippen LogP contribution < -0.4 is 10.2 Å². The zero-order valence-corrected chi connectivity index (χ0v) is 15.2. The maximum absolute atomic E-state index is 14.5. The Balaban J connectivity index is 1.81. The van der Waals surface area contributed by atoms with Crippen LogP contribution >= 0.6 is 0 Å². The standard InChI is InChI=1S/C18H25FN2O5/c1-18(2,3)26-17(23)13-5-4-11(8-14(13)19)21-9-12(10-22)25-16(21)15-20-6-7-24-15/h4-5,8,12,15-16,20,22H,6-7,9-10H2,1-3H3/t12-,15?,16?/m1/s1. The Kier molecular flexibility index (Phi) is 5.47. The number of ether oxygens (including phenoxy) is 3. The van der Waals surface area contributed by atoms with Crippen LogP contribution in [0, 0.1) is 5.82 Å². The average molecular weight is 368 g/mol. The number of anilines is 1. The van der Waals surface area contributed by atoms with E-state index in [1.165, 1.54) is 12.1 Å². The van der Waals surface area contributed by atoms with E-state index in [2.05, 4.69) is 5.32 Å². The topological polar surface area (TPSA) is 80.3 Å². The van der Waals surface area contributed by atoms with Gasteiger partial charge in [0.05, 0.1) is 18.8 Å². The molecular weight excluding hydrogens is 343 g/mol. The predicted molar refractivity (Wildman–Crippen MR) is 92.4 cm³/mol. The minimum absolute atomic E-state index is 0.116. The second kappa shape index (κ2) is 7.48. The number of halogens is 1. The predicted octanol–water partition coefficient (Wildman–Crippen LogP) is 1.25. The first kappa shape index (κ1) is 19.0. The fourth-order valence-corrected chi connectivity index (χ4v) is 3.04. The molecule has 2 aliphatic rings. The fraction of sp³-hybridized carbons (Fsp3) is 0.611. The Hall–Kier alpha value is -1.74. The number of nitrogens with one attached hydrogen (secondary N) is 1. The molecule has 0 aromatic heterocycles. The van der Waals surface area contributed by atoms with E-state index < -0.39 is 23.6 Å². The zero-order chi connectivity index (χ0) is 18.9. The molecule has 2 aliphatic heterocycles. The molecule has 2 N–H and O–H groups in total. The molecule has 144 valence electrons. The Morgan fingerprint density at radius 2 is 2.23 bits per heavy atom. The molecule has 2 heterocycles. The molecule has 1 aromatic rings. The van der Waals surface area contributed by atoms with Crippen LogP contribution in [-0.2, 0) is 14.2 Å². The number of hydrogen-bond donors (Lipinski definition) is 2. The van der Waals surface area contributed by atoms with Gasteiger partial charge >= 0.3 is 5.97 Å². The molecule has 0 radical (unpaired) electrons. The van der Waals surface area contributed by atoms with Gasteiger partial charge in [0.1, 0.15) is 17.5 Å². The third-order valence-corrected chi connectivity index (χ3v) is 4.15. The van der Waals surface area contributed by atoms with Gasteiger partial charge in [0.15, 0.2) is 12.5 Å². The van der Waals surface area contributed by atoms with Crippen molar-refractivity contribution in [2.45, 2.75) is 44.9 Å². The Labute approximate surface area is 152 Å². The van der Waals surface area contributed by atoms with Gasteiger partial charge in [0.25, 0.3) is 0 Å². The summed E-state index contributed by atoms with van der Waals surface area (Å²) in [5.74, 6) is -1.37. The quantitative estimate of drug-likeness (QED) is 0.774. The Bertz CT molecular complexity index is 657. The lowest BCUT2D eigenvalue weighted by Crippen LogP contribution is -2.45. The van der Waals surface area contributed by atoms with Crippen molar-refractivity contribution in [3.63, 3.8) is 0 Å². The minimum atomic E-state index is -0.704. The highest BCUT2D eigenvalue weighted by atomic mass is 19.1. The molecule has 2 saturated heterocycles. The number of carbonyl (C=O) groups excluding carboxylic acids is 1. The molecule has 2 unspecified atom stereocenters. The van der Waals surface area contributed by atoms with Crippen molar-refractivity contribution >= 4 is 11.7 Å². The van der Waals surface area contributed by atoms with Crippen LogP contribution in [0.15, 0.2) is 18.2 Å². The normalized spacial score (nSPS) is 26.3. The Morgan fingerprint density at radius 1 is 1.46 bits per heavy atom. The van der Waals surface area contributed by atoms with E-state index in [1.807, 2.05) is 4.90 Å². The van der Waals surface area contributed by atoms with Gasteiger partial charge in [-0.2, -0.15) is 0 Å². The second-order valence-electron chi connectivity index (χ2n) is 7.40. The van der Waals surface area contributed by atoms with Gasteiger partial charge in [-0.3, -0.25) is 5.32 Å². The number of aliphatic hydroxyl groups excluding tert-OH is 1. The van der Waals surface area contributed by atoms with E-state index in [9.17, 15) is 14.3 Å². The van der Waals surface area contributed by atoms with Crippen LogP contribution in [0.5, 0.6) is 0 Å². The van der Waals surface area contributed by atoms with Crippen molar-refractivity contribution in [3.8, 4) is 0 Å². The molecule has 0 aliphatic carbocycles. The van der Waals surface area contributed by atoms with E-state index in [-0.39, 0.29) is 24.5 Å². The largest absolute Gasteiger partial charge is 0.456 e. The molecule has 7 nitrogen and oxygen atoms in total. The summed E-state index contributed by atoms with van der Waals surface area (Å²) in [6, 6.07) is 4.34. The number of rotatable bonds is 4. The summed E-state index contributed by atoms with van der Waals surface area (Å²) in [6.45, 7) is 6.71. The van der Waals surface area contributed by atoms with Crippen molar-refractivity contribution < 1.29 is 28.5 Å². The van der Waals surface area contributed by atoms with Crippen molar-refractivity contribution in [3.05, 3.63) is 29.6 Å². The highest BCUT2D eigenvalue weighted by Gasteiger charge is 2.40. The molecule has 3 atom stereocenters. The van der Waals surface area contributed by atoms with Gasteiger partial charge < -0.3 is 24.2 Å². The lowest BCUT2D eigenvalue weighted by Gasteiger charge is -2.29. The summed E-state index contributed by atoms with van der Waals surface area (Å²) < 4.78 is 31.2. The van der Waals surface area contributed by atoms with Crippen LogP contribution in [0.3, 0.4) is 0 Å². The second-order valence-corrected chi connectivity index (χ2v) is 7.40. The molecular formula is C18H25FN2O5.